The number of nitrogens with zero attached hydrogens (tertiary/aromatic N) is 1. The largest absolute Gasteiger partial charge is 0.461 e. The molecule has 4 heteroatoms. The first-order valence-electron chi connectivity index (χ1n) is 7.79. The first-order chi connectivity index (χ1) is 10.6. The van der Waals surface area contributed by atoms with Crippen molar-refractivity contribution >= 4 is 5.91 Å². The Morgan fingerprint density at radius 1 is 1.23 bits per heavy atom. The molecule has 1 fully saturated rings. The average molecular weight is 296 g/mol. The summed E-state index contributed by atoms with van der Waals surface area (Å²) >= 11 is 0. The Hall–Kier alpha value is -2.07. The fourth-order valence-electron chi connectivity index (χ4n) is 3.78. The van der Waals surface area contributed by atoms with Crippen LogP contribution in [0, 0.1) is 12.8 Å². The van der Waals surface area contributed by atoms with Gasteiger partial charge in [-0.15, -0.1) is 0 Å². The minimum absolute atomic E-state index is 0.0391. The second-order valence-corrected chi connectivity index (χ2v) is 6.51. The average Bonchev–Trinajstić information content (AvgIpc) is 3.07. The van der Waals surface area contributed by atoms with Gasteiger partial charge in [0.15, 0.2) is 0 Å². The summed E-state index contributed by atoms with van der Waals surface area (Å²) in [6.07, 6.45) is 0. The summed E-state index contributed by atoms with van der Waals surface area (Å²) in [7, 11) is 2.15. The van der Waals surface area contributed by atoms with E-state index >= 15 is 0 Å². The van der Waals surface area contributed by atoms with E-state index in [0.29, 0.717) is 11.8 Å². The van der Waals surface area contributed by atoms with Crippen molar-refractivity contribution in [2.45, 2.75) is 12.8 Å². The summed E-state index contributed by atoms with van der Waals surface area (Å²) in [4.78, 5) is 14.8. The van der Waals surface area contributed by atoms with Gasteiger partial charge in [0, 0.05) is 36.7 Å². The van der Waals surface area contributed by atoms with Gasteiger partial charge in [0.2, 0.25) is 0 Å². The van der Waals surface area contributed by atoms with Crippen molar-refractivity contribution in [1.82, 2.24) is 10.2 Å². The molecule has 1 N–H and O–H groups in total. The quantitative estimate of drug-likeness (QED) is 0.880. The van der Waals surface area contributed by atoms with Crippen molar-refractivity contribution in [2.75, 3.05) is 26.7 Å². The second kappa shape index (κ2) is 4.99. The molecule has 0 spiro atoms. The van der Waals surface area contributed by atoms with Crippen molar-refractivity contribution in [2.24, 2.45) is 5.92 Å². The highest BCUT2D eigenvalue weighted by atomic mass is 16.3. The molecule has 4 rings (SSSR count). The van der Waals surface area contributed by atoms with Gasteiger partial charge in [-0.2, -0.15) is 0 Å². The fraction of sp³-hybridized carbons (Fsp3) is 0.389. The van der Waals surface area contributed by atoms with Crippen molar-refractivity contribution < 1.29 is 9.21 Å². The summed E-state index contributed by atoms with van der Waals surface area (Å²) in [5.41, 5.74) is 2.94. The number of carbonyl (C=O) groups is 1. The Bertz CT molecular complexity index is 734. The zero-order valence-corrected chi connectivity index (χ0v) is 12.9. The molecule has 0 bridgehead atoms. The van der Waals surface area contributed by atoms with Crippen LogP contribution in [0.3, 0.4) is 0 Å². The number of nitrogens with one attached hydrogen (secondary N) is 1. The molecule has 3 heterocycles. The van der Waals surface area contributed by atoms with Crippen molar-refractivity contribution in [3.63, 3.8) is 0 Å². The number of amides is 1. The predicted octanol–water partition coefficient (Wildman–Crippen LogP) is 2.64. The Labute approximate surface area is 130 Å². The number of hydrogen-bond acceptors (Lipinski definition) is 3. The van der Waals surface area contributed by atoms with Crippen LogP contribution in [-0.2, 0) is 0 Å². The summed E-state index contributed by atoms with van der Waals surface area (Å²) in [5, 5.41) is 3.08. The lowest BCUT2D eigenvalue weighted by molar-refractivity contribution is 0.0951. The van der Waals surface area contributed by atoms with E-state index in [1.807, 2.05) is 25.1 Å². The predicted molar refractivity (Wildman–Crippen MR) is 84.9 cm³/mol. The highest BCUT2D eigenvalue weighted by molar-refractivity contribution is 5.97. The number of furan rings is 1. The van der Waals surface area contributed by atoms with E-state index < -0.39 is 0 Å². The zero-order chi connectivity index (χ0) is 15.3. The van der Waals surface area contributed by atoms with Crippen LogP contribution in [-0.4, -0.2) is 37.5 Å². The van der Waals surface area contributed by atoms with E-state index in [1.165, 1.54) is 5.56 Å². The van der Waals surface area contributed by atoms with Crippen molar-refractivity contribution in [1.29, 1.82) is 0 Å². The van der Waals surface area contributed by atoms with E-state index in [1.54, 1.807) is 0 Å². The number of benzene rings is 1. The van der Waals surface area contributed by atoms with Crippen LogP contribution >= 0.6 is 0 Å². The Morgan fingerprint density at radius 2 is 2.09 bits per heavy atom. The maximum atomic E-state index is 12.5. The molecule has 114 valence electrons. The fourth-order valence-corrected chi connectivity index (χ4v) is 3.78. The van der Waals surface area contributed by atoms with E-state index in [2.05, 4.69) is 29.4 Å². The SMILES string of the molecule is Cc1ccc(-c2ccc3c(c2)C(=O)NCC2CN(C)CC32)o1. The van der Waals surface area contributed by atoms with Crippen LogP contribution < -0.4 is 5.32 Å². The molecule has 1 aromatic carbocycles. The smallest absolute Gasteiger partial charge is 0.251 e. The number of fused-ring (bicyclic) bond motifs is 3. The molecule has 0 radical (unpaired) electrons. The number of hydrogen-bond donors (Lipinski definition) is 1. The van der Waals surface area contributed by atoms with Crippen LogP contribution in [0.4, 0.5) is 0 Å². The van der Waals surface area contributed by atoms with Gasteiger partial charge in [-0.1, -0.05) is 12.1 Å². The Morgan fingerprint density at radius 3 is 2.86 bits per heavy atom. The van der Waals surface area contributed by atoms with Gasteiger partial charge in [-0.05, 0) is 43.7 Å². The van der Waals surface area contributed by atoms with Gasteiger partial charge in [-0.25, -0.2) is 0 Å². The molecule has 2 atom stereocenters. The van der Waals surface area contributed by atoms with E-state index in [9.17, 15) is 4.79 Å². The molecule has 0 aliphatic carbocycles. The van der Waals surface area contributed by atoms with E-state index in [-0.39, 0.29) is 5.91 Å². The third-order valence-electron chi connectivity index (χ3n) is 4.87. The monoisotopic (exact) mass is 296 g/mol. The normalized spacial score (nSPS) is 24.5. The second-order valence-electron chi connectivity index (χ2n) is 6.51. The minimum Gasteiger partial charge on any atom is -0.461 e. The van der Waals surface area contributed by atoms with Crippen LogP contribution in [0.2, 0.25) is 0 Å². The summed E-state index contributed by atoms with van der Waals surface area (Å²) in [5.74, 6) is 2.68. The maximum absolute atomic E-state index is 12.5. The molecule has 1 aromatic heterocycles. The van der Waals surface area contributed by atoms with E-state index in [0.717, 1.165) is 42.3 Å². The lowest BCUT2D eigenvalue weighted by Crippen LogP contribution is -2.29. The Balaban J connectivity index is 1.79. The zero-order valence-electron chi connectivity index (χ0n) is 12.9. The standard InChI is InChI=1S/C18H20N2O2/c1-11-3-6-17(22-11)12-4-5-14-15(7-12)18(21)19-8-13-9-20(2)10-16(13)14/h3-7,13,16H,8-10H2,1-2H3,(H,19,21). The molecule has 4 nitrogen and oxygen atoms in total. The molecular formula is C18H20N2O2. The third-order valence-corrected chi connectivity index (χ3v) is 4.87. The van der Waals surface area contributed by atoms with Crippen LogP contribution in [0.1, 0.15) is 27.6 Å². The molecule has 2 aliphatic rings. The lowest BCUT2D eigenvalue weighted by Gasteiger charge is -2.16. The van der Waals surface area contributed by atoms with Crippen LogP contribution in [0.15, 0.2) is 34.7 Å². The Kier molecular flexibility index (Phi) is 3.08. The summed E-state index contributed by atoms with van der Waals surface area (Å²) in [6, 6.07) is 10.1. The lowest BCUT2D eigenvalue weighted by atomic mass is 9.86. The molecule has 2 unspecified atom stereocenters. The number of rotatable bonds is 1. The molecule has 1 amide bonds. The summed E-state index contributed by atoms with van der Waals surface area (Å²) in [6.45, 7) is 4.76. The highest BCUT2D eigenvalue weighted by Gasteiger charge is 2.36. The van der Waals surface area contributed by atoms with Gasteiger partial charge in [0.1, 0.15) is 11.5 Å². The molecule has 2 aromatic rings. The first-order valence-corrected chi connectivity index (χ1v) is 7.79. The van der Waals surface area contributed by atoms with Gasteiger partial charge in [0.25, 0.3) is 5.91 Å². The number of aryl methyl sites for hydroxylation is 1. The van der Waals surface area contributed by atoms with E-state index in [4.69, 9.17) is 4.42 Å². The van der Waals surface area contributed by atoms with Crippen LogP contribution in [0.25, 0.3) is 11.3 Å². The first kappa shape index (κ1) is 13.6. The van der Waals surface area contributed by atoms with Gasteiger partial charge in [-0.3, -0.25) is 4.79 Å². The molecular weight excluding hydrogens is 276 g/mol. The minimum atomic E-state index is 0.0391. The molecule has 0 saturated carbocycles. The molecule has 2 aliphatic heterocycles. The van der Waals surface area contributed by atoms with Gasteiger partial charge >= 0.3 is 0 Å². The van der Waals surface area contributed by atoms with Crippen molar-refractivity contribution in [3.8, 4) is 11.3 Å². The summed E-state index contributed by atoms with van der Waals surface area (Å²) < 4.78 is 5.69. The highest BCUT2D eigenvalue weighted by Crippen LogP contribution is 2.37. The van der Waals surface area contributed by atoms with Crippen LogP contribution in [0.5, 0.6) is 0 Å². The topological polar surface area (TPSA) is 45.5 Å². The molecule has 1 saturated heterocycles. The third kappa shape index (κ3) is 2.15. The number of carbonyl (C=O) groups excluding carboxylic acids is 1. The van der Waals surface area contributed by atoms with Gasteiger partial charge in [0.05, 0.1) is 0 Å². The van der Waals surface area contributed by atoms with Crippen molar-refractivity contribution in [3.05, 3.63) is 47.2 Å². The maximum Gasteiger partial charge on any atom is 0.251 e. The number of likely N-dealkylation sites (N-methyl/N-ethyl adjacent to an activating group) is 1. The molecule has 22 heavy (non-hydrogen) atoms. The number of likely N-dealkylation sites (tertiary alicyclic amines) is 1. The van der Waals surface area contributed by atoms with Gasteiger partial charge < -0.3 is 14.6 Å².